The lowest BCUT2D eigenvalue weighted by Crippen LogP contribution is -2.61. The van der Waals surface area contributed by atoms with Gasteiger partial charge in [0.1, 0.15) is 19.0 Å². The molecule has 3 aromatic rings. The summed E-state index contributed by atoms with van der Waals surface area (Å²) in [5, 5.41) is 14.1. The minimum atomic E-state index is -4.90. The Bertz CT molecular complexity index is 1400. The number of piperidine rings is 1. The maximum absolute atomic E-state index is 13.4. The lowest BCUT2D eigenvalue weighted by Gasteiger charge is -2.48. The molecular weight excluding hydrogens is 564 g/mol. The number of aromatic amines is 1. The van der Waals surface area contributed by atoms with E-state index in [1.807, 2.05) is 30.3 Å². The molecule has 0 bridgehead atoms. The molecule has 2 heterocycles. The minimum absolute atomic E-state index is 0.00716. The molecule has 0 aliphatic carbocycles. The van der Waals surface area contributed by atoms with Crippen molar-refractivity contribution in [3.8, 4) is 0 Å². The normalized spacial score (nSPS) is 22.6. The highest BCUT2D eigenvalue weighted by Crippen LogP contribution is 2.42. The van der Waals surface area contributed by atoms with Crippen molar-refractivity contribution >= 4 is 5.71 Å². The summed E-state index contributed by atoms with van der Waals surface area (Å²) in [6, 6.07) is 11.4. The Balaban J connectivity index is 1.59. The zero-order valence-corrected chi connectivity index (χ0v) is 23.4. The third-order valence-electron chi connectivity index (χ3n) is 8.35. The van der Waals surface area contributed by atoms with Gasteiger partial charge in [-0.2, -0.15) is 31.4 Å². The second-order valence-corrected chi connectivity index (χ2v) is 10.9. The fourth-order valence-corrected chi connectivity index (χ4v) is 5.88. The summed E-state index contributed by atoms with van der Waals surface area (Å²) in [5.41, 5.74) is -2.89. The number of nitrogens with one attached hydrogen (secondary N) is 2. The largest absolute Gasteiger partial charge is 0.416 e. The van der Waals surface area contributed by atoms with Gasteiger partial charge in [-0.3, -0.25) is 4.57 Å². The molecule has 1 aliphatic rings. The average molecular weight is 598 g/mol. The maximum atomic E-state index is 13.4. The number of halogens is 6. The third kappa shape index (κ3) is 6.40. The van der Waals surface area contributed by atoms with E-state index in [-0.39, 0.29) is 11.6 Å². The molecule has 0 radical (unpaired) electrons. The number of hydrogen-bond acceptors (Lipinski definition) is 5. The van der Waals surface area contributed by atoms with Crippen LogP contribution < -0.4 is 11.0 Å². The fraction of sp³-hybridized carbons (Fsp3) is 0.483. The highest BCUT2D eigenvalue weighted by Gasteiger charge is 2.47. The molecule has 13 heteroatoms. The number of alkyl halides is 6. The smallest absolute Gasteiger partial charge is 0.399 e. The first-order valence-electron chi connectivity index (χ1n) is 13.5. The van der Waals surface area contributed by atoms with Crippen LogP contribution in [0.2, 0.25) is 0 Å². The summed E-state index contributed by atoms with van der Waals surface area (Å²) in [4.78, 5) is 17.6. The van der Waals surface area contributed by atoms with Gasteiger partial charge in [0.25, 0.3) is 0 Å². The van der Waals surface area contributed by atoms with Crippen molar-refractivity contribution in [2.24, 2.45) is 5.16 Å². The molecule has 2 N–H and O–H groups in total. The van der Waals surface area contributed by atoms with E-state index in [1.54, 1.807) is 13.8 Å². The molecule has 3 atom stereocenters. The standard InChI is InChI=1S/C29H33F6N5O2/c1-19(21-14-23(28(30,31)32)16-24(15-21)29(33,34)35)8-7-11-26(22-9-5-4-6-10-22)12-13-27(17-36-26,20(2)39-42-3)40-18-37-38-25(40)41/h4-6,9-10,14-16,18-19,36H,7-8,11-13,17H2,1-3H3,(H,38,41)/b39-20+/t19-,26-,27-/m0/s1. The minimum Gasteiger partial charge on any atom is -0.399 e. The average Bonchev–Trinajstić information content (AvgIpc) is 3.39. The van der Waals surface area contributed by atoms with Crippen LogP contribution in [0.3, 0.4) is 0 Å². The molecule has 2 aromatic carbocycles. The maximum Gasteiger partial charge on any atom is 0.416 e. The van der Waals surface area contributed by atoms with E-state index >= 15 is 0 Å². The number of aromatic nitrogens is 3. The van der Waals surface area contributed by atoms with E-state index in [9.17, 15) is 31.1 Å². The summed E-state index contributed by atoms with van der Waals surface area (Å²) < 4.78 is 81.9. The summed E-state index contributed by atoms with van der Waals surface area (Å²) in [5.74, 6) is -0.551. The number of benzene rings is 2. The number of oxime groups is 1. The van der Waals surface area contributed by atoms with Gasteiger partial charge in [0.05, 0.1) is 16.8 Å². The number of rotatable bonds is 9. The highest BCUT2D eigenvalue weighted by molar-refractivity contribution is 5.89. The predicted octanol–water partition coefficient (Wildman–Crippen LogP) is 6.58. The van der Waals surface area contributed by atoms with Gasteiger partial charge in [0, 0.05) is 12.1 Å². The van der Waals surface area contributed by atoms with Gasteiger partial charge >= 0.3 is 18.0 Å². The SMILES string of the molecule is CO/N=C(\C)[C@]1(n2cn[nH]c2=O)CC[C@@](CCC[C@H](C)c2cc(C(F)(F)F)cc(C(F)(F)F)c2)(c2ccccc2)NC1. The Morgan fingerprint density at radius 3 is 2.21 bits per heavy atom. The van der Waals surface area contributed by atoms with Crippen molar-refractivity contribution in [2.75, 3.05) is 13.7 Å². The molecule has 1 aliphatic heterocycles. The zero-order chi connectivity index (χ0) is 30.8. The van der Waals surface area contributed by atoms with Crippen LogP contribution in [0.25, 0.3) is 0 Å². The van der Waals surface area contributed by atoms with E-state index in [4.69, 9.17) is 4.84 Å². The Morgan fingerprint density at radius 2 is 1.71 bits per heavy atom. The van der Waals surface area contributed by atoms with Gasteiger partial charge in [-0.05, 0) is 67.9 Å². The van der Waals surface area contributed by atoms with Crippen molar-refractivity contribution in [1.29, 1.82) is 0 Å². The van der Waals surface area contributed by atoms with Crippen molar-refractivity contribution in [1.82, 2.24) is 20.1 Å². The van der Waals surface area contributed by atoms with E-state index < -0.39 is 46.2 Å². The third-order valence-corrected chi connectivity index (χ3v) is 8.35. The lowest BCUT2D eigenvalue weighted by atomic mass is 9.72. The van der Waals surface area contributed by atoms with Gasteiger partial charge in [-0.1, -0.05) is 48.8 Å². The second-order valence-electron chi connectivity index (χ2n) is 10.9. The zero-order valence-electron chi connectivity index (χ0n) is 23.4. The van der Waals surface area contributed by atoms with Crippen LogP contribution in [0.5, 0.6) is 0 Å². The molecule has 1 aromatic heterocycles. The van der Waals surface area contributed by atoms with Crippen molar-refractivity contribution in [3.63, 3.8) is 0 Å². The molecule has 42 heavy (non-hydrogen) atoms. The Labute approximate surface area is 239 Å². The Kier molecular flexibility index (Phi) is 8.91. The summed E-state index contributed by atoms with van der Waals surface area (Å²) >= 11 is 0. The predicted molar refractivity (Wildman–Crippen MR) is 145 cm³/mol. The molecule has 0 amide bonds. The topological polar surface area (TPSA) is 84.3 Å². The van der Waals surface area contributed by atoms with E-state index in [1.165, 1.54) is 18.0 Å². The highest BCUT2D eigenvalue weighted by atomic mass is 19.4. The van der Waals surface area contributed by atoms with Crippen molar-refractivity contribution in [3.05, 3.63) is 87.6 Å². The Hall–Kier alpha value is -3.61. The molecule has 228 valence electrons. The monoisotopic (exact) mass is 597 g/mol. The summed E-state index contributed by atoms with van der Waals surface area (Å²) in [7, 11) is 1.42. The quantitative estimate of drug-likeness (QED) is 0.166. The van der Waals surface area contributed by atoms with Crippen LogP contribution in [0.1, 0.15) is 74.1 Å². The molecule has 1 saturated heterocycles. The molecule has 1 fully saturated rings. The van der Waals surface area contributed by atoms with E-state index in [0.29, 0.717) is 44.4 Å². The van der Waals surface area contributed by atoms with Gasteiger partial charge in [0.15, 0.2) is 0 Å². The molecule has 0 spiro atoms. The van der Waals surface area contributed by atoms with Gasteiger partial charge in [-0.15, -0.1) is 0 Å². The van der Waals surface area contributed by atoms with Crippen molar-refractivity contribution < 1.29 is 31.2 Å². The van der Waals surface area contributed by atoms with Crippen LogP contribution in [0, 0.1) is 0 Å². The number of hydrogen-bond donors (Lipinski definition) is 2. The van der Waals surface area contributed by atoms with Crippen LogP contribution in [-0.4, -0.2) is 34.1 Å². The van der Waals surface area contributed by atoms with Gasteiger partial charge in [-0.25, -0.2) is 9.89 Å². The molecular formula is C29H33F6N5O2. The second kappa shape index (κ2) is 11.9. The van der Waals surface area contributed by atoms with Gasteiger partial charge < -0.3 is 10.2 Å². The summed E-state index contributed by atoms with van der Waals surface area (Å²) in [6.45, 7) is 3.71. The molecule has 7 nitrogen and oxygen atoms in total. The molecule has 4 rings (SSSR count). The van der Waals surface area contributed by atoms with Crippen LogP contribution >= 0.6 is 0 Å². The van der Waals surface area contributed by atoms with Crippen molar-refractivity contribution in [2.45, 2.75) is 75.3 Å². The summed E-state index contributed by atoms with van der Waals surface area (Å²) in [6.07, 6.45) is -5.88. The van der Waals surface area contributed by atoms with Crippen LogP contribution in [-0.2, 0) is 28.3 Å². The number of H-pyrrole nitrogens is 1. The van der Waals surface area contributed by atoms with Gasteiger partial charge in [0.2, 0.25) is 0 Å². The van der Waals surface area contributed by atoms with E-state index in [2.05, 4.69) is 20.7 Å². The first-order chi connectivity index (χ1) is 19.7. The van der Waals surface area contributed by atoms with E-state index in [0.717, 1.165) is 17.7 Å². The first-order valence-corrected chi connectivity index (χ1v) is 13.5. The lowest BCUT2D eigenvalue weighted by molar-refractivity contribution is -0.143. The number of nitrogens with zero attached hydrogens (tertiary/aromatic N) is 3. The Morgan fingerprint density at radius 1 is 1.07 bits per heavy atom. The molecule has 0 unspecified atom stereocenters. The molecule has 0 saturated carbocycles. The van der Waals surface area contributed by atoms with Crippen LogP contribution in [0.4, 0.5) is 26.3 Å². The first kappa shape index (κ1) is 31.3. The fourth-order valence-electron chi connectivity index (χ4n) is 5.88. The van der Waals surface area contributed by atoms with Crippen LogP contribution in [0.15, 0.2) is 64.8 Å².